The number of thiophene rings is 1. The molecule has 0 amide bonds. The summed E-state index contributed by atoms with van der Waals surface area (Å²) in [7, 11) is 3.26. The number of nitrogens with two attached hydrogens (primary N) is 1. The molecule has 1 aromatic carbocycles. The summed E-state index contributed by atoms with van der Waals surface area (Å²) in [6, 6.07) is 7.55. The first-order valence-electron chi connectivity index (χ1n) is 5.36. The molecule has 0 aliphatic rings. The summed E-state index contributed by atoms with van der Waals surface area (Å²) in [6.45, 7) is 0. The van der Waals surface area contributed by atoms with Crippen LogP contribution in [0.2, 0.25) is 0 Å². The Kier molecular flexibility index (Phi) is 4.27. The van der Waals surface area contributed by atoms with Gasteiger partial charge in [0, 0.05) is 20.8 Å². The van der Waals surface area contributed by atoms with Crippen molar-refractivity contribution in [2.75, 3.05) is 14.2 Å². The number of halogens is 1. The van der Waals surface area contributed by atoms with Crippen molar-refractivity contribution in [3.05, 3.63) is 44.6 Å². The molecule has 0 saturated carbocycles. The van der Waals surface area contributed by atoms with Gasteiger partial charge in [0.2, 0.25) is 0 Å². The van der Waals surface area contributed by atoms with Gasteiger partial charge in [-0.3, -0.25) is 0 Å². The van der Waals surface area contributed by atoms with E-state index in [4.69, 9.17) is 15.2 Å². The third kappa shape index (κ3) is 2.85. The van der Waals surface area contributed by atoms with E-state index in [0.29, 0.717) is 0 Å². The minimum atomic E-state index is -0.176. The summed E-state index contributed by atoms with van der Waals surface area (Å²) >= 11 is 5.06. The molecule has 0 fully saturated rings. The van der Waals surface area contributed by atoms with Crippen molar-refractivity contribution in [1.82, 2.24) is 0 Å². The third-order valence-electron chi connectivity index (χ3n) is 2.63. The van der Waals surface area contributed by atoms with Gasteiger partial charge in [-0.2, -0.15) is 0 Å². The molecule has 5 heteroatoms. The highest BCUT2D eigenvalue weighted by Gasteiger charge is 2.13. The first-order chi connectivity index (χ1) is 8.63. The molecular formula is C13H14BrNO2S. The van der Waals surface area contributed by atoms with Crippen LogP contribution in [0.5, 0.6) is 11.5 Å². The Morgan fingerprint density at radius 1 is 1.11 bits per heavy atom. The number of rotatable bonds is 4. The van der Waals surface area contributed by atoms with Crippen LogP contribution in [0.15, 0.2) is 34.1 Å². The molecule has 96 valence electrons. The van der Waals surface area contributed by atoms with Crippen LogP contribution in [-0.4, -0.2) is 14.2 Å². The average molecular weight is 328 g/mol. The third-order valence-corrected chi connectivity index (χ3v) is 4.40. The van der Waals surface area contributed by atoms with Crippen LogP contribution in [0.25, 0.3) is 0 Å². The quantitative estimate of drug-likeness (QED) is 0.933. The van der Waals surface area contributed by atoms with E-state index < -0.39 is 0 Å². The Hall–Kier alpha value is -1.04. The van der Waals surface area contributed by atoms with Crippen molar-refractivity contribution >= 4 is 27.3 Å². The second-order valence-corrected chi connectivity index (χ2v) is 5.65. The van der Waals surface area contributed by atoms with Gasteiger partial charge in [-0.05, 0) is 39.7 Å². The molecule has 2 aromatic rings. The second kappa shape index (κ2) is 5.73. The first-order valence-corrected chi connectivity index (χ1v) is 7.03. The summed E-state index contributed by atoms with van der Waals surface area (Å²) in [4.78, 5) is 1.09. The van der Waals surface area contributed by atoms with E-state index in [-0.39, 0.29) is 6.04 Å². The maximum atomic E-state index is 6.26. The van der Waals surface area contributed by atoms with Gasteiger partial charge in [-0.15, -0.1) is 11.3 Å². The number of methoxy groups -OCH3 is 2. The lowest BCUT2D eigenvalue weighted by molar-refractivity contribution is 0.393. The predicted octanol–water partition coefficient (Wildman–Crippen LogP) is 3.58. The predicted molar refractivity (Wildman–Crippen MR) is 77.6 cm³/mol. The van der Waals surface area contributed by atoms with Crippen LogP contribution in [-0.2, 0) is 0 Å². The van der Waals surface area contributed by atoms with Gasteiger partial charge in [-0.25, -0.2) is 0 Å². The number of hydrogen-bond donors (Lipinski definition) is 1. The Bertz CT molecular complexity index is 519. The summed E-state index contributed by atoms with van der Waals surface area (Å²) in [5, 5.41) is 2.02. The van der Waals surface area contributed by atoms with E-state index in [9.17, 15) is 0 Å². The van der Waals surface area contributed by atoms with Crippen LogP contribution in [0.3, 0.4) is 0 Å². The van der Waals surface area contributed by atoms with Gasteiger partial charge in [0.15, 0.2) is 0 Å². The lowest BCUT2D eigenvalue weighted by atomic mass is 10.1. The first kappa shape index (κ1) is 13.4. The Morgan fingerprint density at radius 2 is 1.72 bits per heavy atom. The van der Waals surface area contributed by atoms with Gasteiger partial charge in [0.25, 0.3) is 0 Å². The van der Waals surface area contributed by atoms with Gasteiger partial charge in [-0.1, -0.05) is 0 Å². The monoisotopic (exact) mass is 327 g/mol. The van der Waals surface area contributed by atoms with Crippen LogP contribution in [0.4, 0.5) is 0 Å². The zero-order valence-corrected chi connectivity index (χ0v) is 12.5. The van der Waals surface area contributed by atoms with E-state index in [0.717, 1.165) is 26.4 Å². The minimum Gasteiger partial charge on any atom is -0.497 e. The van der Waals surface area contributed by atoms with Crippen LogP contribution in [0, 0.1) is 0 Å². The van der Waals surface area contributed by atoms with Crippen molar-refractivity contribution in [2.45, 2.75) is 6.04 Å². The van der Waals surface area contributed by atoms with E-state index in [1.807, 2.05) is 29.6 Å². The highest BCUT2D eigenvalue weighted by Crippen LogP contribution is 2.32. The average Bonchev–Trinajstić information content (AvgIpc) is 2.83. The van der Waals surface area contributed by atoms with Crippen molar-refractivity contribution in [1.29, 1.82) is 0 Å². The van der Waals surface area contributed by atoms with Crippen molar-refractivity contribution in [2.24, 2.45) is 5.73 Å². The highest BCUT2D eigenvalue weighted by molar-refractivity contribution is 9.10. The molecule has 3 nitrogen and oxygen atoms in total. The van der Waals surface area contributed by atoms with E-state index in [1.54, 1.807) is 25.6 Å². The molecule has 0 aliphatic carbocycles. The molecule has 2 N–H and O–H groups in total. The molecular weight excluding hydrogens is 314 g/mol. The fourth-order valence-corrected chi connectivity index (χ4v) is 3.14. The summed E-state index contributed by atoms with van der Waals surface area (Å²) in [5.41, 5.74) is 7.23. The second-order valence-electron chi connectivity index (χ2n) is 3.79. The molecule has 1 heterocycles. The van der Waals surface area contributed by atoms with Crippen LogP contribution in [0.1, 0.15) is 16.5 Å². The van der Waals surface area contributed by atoms with Crippen LogP contribution < -0.4 is 15.2 Å². The molecule has 18 heavy (non-hydrogen) atoms. The lowest BCUT2D eigenvalue weighted by Gasteiger charge is -2.13. The molecule has 2 rings (SSSR count). The van der Waals surface area contributed by atoms with Crippen molar-refractivity contribution in [3.8, 4) is 11.5 Å². The van der Waals surface area contributed by atoms with Gasteiger partial charge >= 0.3 is 0 Å². The Labute approximate surface area is 119 Å². The number of benzene rings is 1. The summed E-state index contributed by atoms with van der Waals surface area (Å²) < 4.78 is 11.5. The Balaban J connectivity index is 2.37. The highest BCUT2D eigenvalue weighted by atomic mass is 79.9. The Morgan fingerprint density at radius 3 is 2.17 bits per heavy atom. The van der Waals surface area contributed by atoms with Gasteiger partial charge in [0.1, 0.15) is 11.5 Å². The molecule has 0 radical (unpaired) electrons. The molecule has 1 unspecified atom stereocenters. The number of hydrogen-bond acceptors (Lipinski definition) is 4. The van der Waals surface area contributed by atoms with E-state index in [2.05, 4.69) is 15.9 Å². The van der Waals surface area contributed by atoms with Gasteiger partial charge < -0.3 is 15.2 Å². The maximum absolute atomic E-state index is 6.26. The molecule has 0 aliphatic heterocycles. The van der Waals surface area contributed by atoms with Crippen LogP contribution >= 0.6 is 27.3 Å². The summed E-state index contributed by atoms with van der Waals surface area (Å²) in [6.07, 6.45) is 0. The largest absolute Gasteiger partial charge is 0.497 e. The van der Waals surface area contributed by atoms with Crippen molar-refractivity contribution < 1.29 is 9.47 Å². The normalized spacial score (nSPS) is 12.2. The molecule has 0 saturated heterocycles. The van der Waals surface area contributed by atoms with E-state index >= 15 is 0 Å². The maximum Gasteiger partial charge on any atom is 0.122 e. The molecule has 0 spiro atoms. The standard InChI is InChI=1S/C13H14BrNO2S/c1-16-10-3-8(4-11(6-10)17-2)13(15)12-5-9(14)7-18-12/h3-7,13H,15H2,1-2H3. The smallest absolute Gasteiger partial charge is 0.122 e. The number of ether oxygens (including phenoxy) is 2. The minimum absolute atomic E-state index is 0.176. The topological polar surface area (TPSA) is 44.5 Å². The van der Waals surface area contributed by atoms with E-state index in [1.165, 1.54) is 0 Å². The molecule has 0 bridgehead atoms. The van der Waals surface area contributed by atoms with Gasteiger partial charge in [0.05, 0.1) is 20.3 Å². The zero-order chi connectivity index (χ0) is 13.1. The van der Waals surface area contributed by atoms with Crippen molar-refractivity contribution in [3.63, 3.8) is 0 Å². The molecule has 1 aromatic heterocycles. The fourth-order valence-electron chi connectivity index (χ4n) is 1.66. The summed E-state index contributed by atoms with van der Waals surface area (Å²) in [5.74, 6) is 1.49. The molecule has 1 atom stereocenters. The zero-order valence-electron chi connectivity index (χ0n) is 10.1. The SMILES string of the molecule is COc1cc(OC)cc(C(N)c2cc(Br)cs2)c1. The fraction of sp³-hybridized carbons (Fsp3) is 0.231. The lowest BCUT2D eigenvalue weighted by Crippen LogP contribution is -2.10.